The van der Waals surface area contributed by atoms with E-state index in [1.54, 1.807) is 25.1 Å². The van der Waals surface area contributed by atoms with Gasteiger partial charge in [0.2, 0.25) is 5.91 Å². The van der Waals surface area contributed by atoms with E-state index in [2.05, 4.69) is 15.8 Å². The molecule has 0 aliphatic carbocycles. The number of rotatable bonds is 7. The largest absolute Gasteiger partial charge is 0.507 e. The first-order valence-electron chi connectivity index (χ1n) is 8.18. The number of methoxy groups -OCH3 is 2. The number of hydrogen-bond acceptors (Lipinski definition) is 6. The lowest BCUT2D eigenvalue weighted by Gasteiger charge is -2.11. The van der Waals surface area contributed by atoms with E-state index in [1.807, 2.05) is 0 Å². The lowest BCUT2D eigenvalue weighted by Crippen LogP contribution is -2.21. The summed E-state index contributed by atoms with van der Waals surface area (Å²) in [5.74, 6) is -0.160. The maximum atomic E-state index is 12.2. The Bertz CT molecular complexity index is 914. The SMILES string of the molecule is COc1ccc(NC(=O)CC(C)=NNC(=O)c2cc(Cl)ccc2O)c(OC)c1. The average Bonchev–Trinajstić information content (AvgIpc) is 2.68. The molecule has 0 radical (unpaired) electrons. The van der Waals surface area contributed by atoms with Gasteiger partial charge in [-0.25, -0.2) is 5.43 Å². The molecule has 0 aromatic heterocycles. The Morgan fingerprint density at radius 3 is 2.57 bits per heavy atom. The van der Waals surface area contributed by atoms with Crippen LogP contribution in [0.4, 0.5) is 5.69 Å². The van der Waals surface area contributed by atoms with Gasteiger partial charge in [0.05, 0.1) is 31.9 Å². The van der Waals surface area contributed by atoms with Gasteiger partial charge in [-0.3, -0.25) is 9.59 Å². The van der Waals surface area contributed by atoms with Crippen LogP contribution >= 0.6 is 11.6 Å². The summed E-state index contributed by atoms with van der Waals surface area (Å²) in [4.78, 5) is 24.3. The summed E-state index contributed by atoms with van der Waals surface area (Å²) in [5.41, 5.74) is 3.11. The predicted octanol–water partition coefficient (Wildman–Crippen LogP) is 3.20. The van der Waals surface area contributed by atoms with Crippen molar-refractivity contribution in [2.45, 2.75) is 13.3 Å². The highest BCUT2D eigenvalue weighted by atomic mass is 35.5. The summed E-state index contributed by atoms with van der Waals surface area (Å²) >= 11 is 5.82. The fraction of sp³-hybridized carbons (Fsp3) is 0.211. The maximum absolute atomic E-state index is 12.2. The number of phenols is 1. The number of benzene rings is 2. The van der Waals surface area contributed by atoms with Crippen molar-refractivity contribution >= 4 is 34.8 Å². The zero-order valence-corrected chi connectivity index (χ0v) is 16.3. The van der Waals surface area contributed by atoms with Crippen molar-refractivity contribution in [3.8, 4) is 17.2 Å². The Labute approximate surface area is 167 Å². The summed E-state index contributed by atoms with van der Waals surface area (Å²) in [7, 11) is 3.02. The van der Waals surface area contributed by atoms with Gasteiger partial charge in [-0.1, -0.05) is 11.6 Å². The van der Waals surface area contributed by atoms with Crippen LogP contribution in [0.2, 0.25) is 5.02 Å². The number of ether oxygens (including phenoxy) is 2. The minimum Gasteiger partial charge on any atom is -0.507 e. The molecule has 0 aliphatic rings. The first-order chi connectivity index (χ1) is 13.3. The summed E-state index contributed by atoms with van der Waals surface area (Å²) in [6.07, 6.45) is -0.0585. The molecule has 2 aromatic rings. The van der Waals surface area contributed by atoms with Gasteiger partial charge < -0.3 is 19.9 Å². The second-order valence-electron chi connectivity index (χ2n) is 5.74. The zero-order chi connectivity index (χ0) is 20.7. The monoisotopic (exact) mass is 405 g/mol. The Morgan fingerprint density at radius 2 is 1.89 bits per heavy atom. The van der Waals surface area contributed by atoms with Crippen LogP contribution in [-0.4, -0.2) is 36.9 Å². The third kappa shape index (κ3) is 5.62. The van der Waals surface area contributed by atoms with Crippen molar-refractivity contribution in [2.75, 3.05) is 19.5 Å². The fourth-order valence-electron chi connectivity index (χ4n) is 2.26. The van der Waals surface area contributed by atoms with E-state index >= 15 is 0 Å². The van der Waals surface area contributed by atoms with E-state index in [-0.39, 0.29) is 23.6 Å². The Morgan fingerprint density at radius 1 is 1.14 bits per heavy atom. The highest BCUT2D eigenvalue weighted by Crippen LogP contribution is 2.29. The number of amides is 2. The molecule has 0 unspecified atom stereocenters. The Hall–Kier alpha value is -3.26. The van der Waals surface area contributed by atoms with Gasteiger partial charge in [0.25, 0.3) is 5.91 Å². The lowest BCUT2D eigenvalue weighted by molar-refractivity contribution is -0.115. The van der Waals surface area contributed by atoms with Crippen molar-refractivity contribution in [1.82, 2.24) is 5.43 Å². The molecule has 3 N–H and O–H groups in total. The molecule has 0 saturated heterocycles. The van der Waals surface area contributed by atoms with Crippen LogP contribution in [0, 0.1) is 0 Å². The van der Waals surface area contributed by atoms with Gasteiger partial charge in [0.15, 0.2) is 0 Å². The number of hydrazone groups is 1. The first-order valence-corrected chi connectivity index (χ1v) is 8.55. The van der Waals surface area contributed by atoms with Crippen LogP contribution in [0.1, 0.15) is 23.7 Å². The normalized spacial score (nSPS) is 10.9. The molecule has 0 atom stereocenters. The molecule has 2 aromatic carbocycles. The molecule has 28 heavy (non-hydrogen) atoms. The molecular formula is C19H20ClN3O5. The number of halogens is 1. The smallest absolute Gasteiger partial charge is 0.275 e. The van der Waals surface area contributed by atoms with Crippen molar-refractivity contribution in [3.63, 3.8) is 0 Å². The van der Waals surface area contributed by atoms with Gasteiger partial charge >= 0.3 is 0 Å². The quantitative estimate of drug-likeness (QED) is 0.484. The Kier molecular flexibility index (Phi) is 7.22. The molecule has 148 valence electrons. The average molecular weight is 406 g/mol. The van der Waals surface area contributed by atoms with Crippen LogP contribution in [0.3, 0.4) is 0 Å². The number of aromatic hydroxyl groups is 1. The van der Waals surface area contributed by atoms with Crippen LogP contribution in [0.5, 0.6) is 17.2 Å². The standard InChI is InChI=1S/C19H20ClN3O5/c1-11(22-23-19(26)14-9-12(20)4-7-16(14)24)8-18(25)21-15-6-5-13(27-2)10-17(15)28-3/h4-7,9-10,24H,8H2,1-3H3,(H,21,25)(H,23,26). The topological polar surface area (TPSA) is 109 Å². The van der Waals surface area contributed by atoms with E-state index in [9.17, 15) is 14.7 Å². The highest BCUT2D eigenvalue weighted by Gasteiger charge is 2.13. The molecule has 8 nitrogen and oxygen atoms in total. The molecule has 9 heteroatoms. The van der Waals surface area contributed by atoms with Crippen LogP contribution in [0.15, 0.2) is 41.5 Å². The number of hydrogen-bond donors (Lipinski definition) is 3. The third-order valence-electron chi connectivity index (χ3n) is 3.65. The van der Waals surface area contributed by atoms with Gasteiger partial charge in [-0.05, 0) is 37.3 Å². The van der Waals surface area contributed by atoms with Gasteiger partial charge in [0.1, 0.15) is 17.2 Å². The third-order valence-corrected chi connectivity index (χ3v) is 3.89. The molecular weight excluding hydrogens is 386 g/mol. The Balaban J connectivity index is 1.98. The molecule has 2 rings (SSSR count). The molecule has 2 amide bonds. The second-order valence-corrected chi connectivity index (χ2v) is 6.18. The molecule has 0 spiro atoms. The second kappa shape index (κ2) is 9.61. The summed E-state index contributed by atoms with van der Waals surface area (Å²) < 4.78 is 10.3. The molecule has 0 fully saturated rings. The molecule has 0 saturated carbocycles. The number of nitrogens with one attached hydrogen (secondary N) is 2. The van der Waals surface area contributed by atoms with Crippen LogP contribution in [-0.2, 0) is 4.79 Å². The number of carbonyl (C=O) groups is 2. The zero-order valence-electron chi connectivity index (χ0n) is 15.6. The van der Waals surface area contributed by atoms with Crippen LogP contribution in [0.25, 0.3) is 0 Å². The van der Waals surface area contributed by atoms with Gasteiger partial charge in [-0.15, -0.1) is 0 Å². The minimum absolute atomic E-state index is 0.0172. The molecule has 0 bridgehead atoms. The summed E-state index contributed by atoms with van der Waals surface area (Å²) in [5, 5.41) is 16.6. The van der Waals surface area contributed by atoms with E-state index in [0.717, 1.165) is 0 Å². The van der Waals surface area contributed by atoms with Gasteiger partial charge in [0, 0.05) is 16.8 Å². The van der Waals surface area contributed by atoms with Crippen molar-refractivity contribution in [1.29, 1.82) is 0 Å². The number of nitrogens with zero attached hydrogens (tertiary/aromatic N) is 1. The number of carbonyl (C=O) groups excluding carboxylic acids is 2. The van der Waals surface area contributed by atoms with E-state index < -0.39 is 5.91 Å². The summed E-state index contributed by atoms with van der Waals surface area (Å²) in [6, 6.07) is 9.08. The van der Waals surface area contributed by atoms with Crippen molar-refractivity contribution in [2.24, 2.45) is 5.10 Å². The maximum Gasteiger partial charge on any atom is 0.275 e. The number of phenolic OH excluding ortho intramolecular Hbond substituents is 1. The minimum atomic E-state index is -0.642. The number of anilines is 1. The summed E-state index contributed by atoms with van der Waals surface area (Å²) in [6.45, 7) is 1.59. The molecule has 0 aliphatic heterocycles. The first kappa shape index (κ1) is 21.0. The highest BCUT2D eigenvalue weighted by molar-refractivity contribution is 6.31. The van der Waals surface area contributed by atoms with E-state index in [0.29, 0.717) is 27.9 Å². The fourth-order valence-corrected chi connectivity index (χ4v) is 2.44. The van der Waals surface area contributed by atoms with E-state index in [4.69, 9.17) is 21.1 Å². The lowest BCUT2D eigenvalue weighted by atomic mass is 10.2. The van der Waals surface area contributed by atoms with Crippen LogP contribution < -0.4 is 20.2 Å². The van der Waals surface area contributed by atoms with Crippen molar-refractivity contribution in [3.05, 3.63) is 47.0 Å². The van der Waals surface area contributed by atoms with E-state index in [1.165, 1.54) is 32.4 Å². The van der Waals surface area contributed by atoms with Crippen molar-refractivity contribution < 1.29 is 24.2 Å². The predicted molar refractivity (Wildman–Crippen MR) is 106 cm³/mol. The molecule has 0 heterocycles. The van der Waals surface area contributed by atoms with Gasteiger partial charge in [-0.2, -0.15) is 5.10 Å².